The molecule has 12 rings (SSSR count). The molecule has 1 saturated carbocycles. The lowest BCUT2D eigenvalue weighted by molar-refractivity contribution is 0.429. The van der Waals surface area contributed by atoms with E-state index in [9.17, 15) is 0 Å². The minimum absolute atomic E-state index is 0.0129. The van der Waals surface area contributed by atoms with E-state index in [-0.39, 0.29) is 10.8 Å². The molecule has 0 N–H and O–H groups in total. The maximum Gasteiger partial charge on any atom is 0.145 e. The second-order valence-corrected chi connectivity index (χ2v) is 37.6. The number of para-hydroxylation sites is 1. The van der Waals surface area contributed by atoms with Gasteiger partial charge in [-0.05, 0) is 128 Å². The van der Waals surface area contributed by atoms with Crippen molar-refractivity contribution in [3.05, 3.63) is 228 Å². The number of rotatable bonds is 10. The minimum Gasteiger partial charge on any atom is -0.455 e. The Balaban J connectivity index is 1.22. The van der Waals surface area contributed by atoms with E-state index in [1.54, 1.807) is 0 Å². The summed E-state index contributed by atoms with van der Waals surface area (Å²) in [5.74, 6) is 0. The number of fused-ring (bicyclic) bond motifs is 9. The molecule has 1 heterocycles. The third-order valence-electron chi connectivity index (χ3n) is 17.9. The van der Waals surface area contributed by atoms with Gasteiger partial charge in [-0.15, -0.1) is 0 Å². The third kappa shape index (κ3) is 8.77. The molecule has 10 aromatic rings. The van der Waals surface area contributed by atoms with E-state index in [2.05, 4.69) is 285 Å². The van der Waals surface area contributed by atoms with E-state index in [1.165, 1.54) is 90.1 Å². The zero-order valence-electron chi connectivity index (χ0n) is 48.3. The Morgan fingerprint density at radius 2 is 0.923 bits per heavy atom. The Hall–Kier alpha value is -6.93. The first-order chi connectivity index (χ1) is 37.2. The van der Waals surface area contributed by atoms with Gasteiger partial charge in [0.25, 0.3) is 0 Å². The molecule has 0 bridgehead atoms. The third-order valence-corrected chi connectivity index (χ3v) is 23.0. The van der Waals surface area contributed by atoms with Crippen LogP contribution in [0.2, 0.25) is 44.8 Å². The van der Waals surface area contributed by atoms with Crippen LogP contribution in [0.1, 0.15) is 101 Å². The smallest absolute Gasteiger partial charge is 0.145 e. The van der Waals surface area contributed by atoms with Crippen LogP contribution in [0, 0.1) is 0 Å². The van der Waals surface area contributed by atoms with Crippen LogP contribution in [0.25, 0.3) is 43.8 Å². The van der Waals surface area contributed by atoms with Gasteiger partial charge in [0, 0.05) is 47.5 Å². The summed E-state index contributed by atoms with van der Waals surface area (Å²) < 4.78 is 7.57. The van der Waals surface area contributed by atoms with E-state index < -0.39 is 21.6 Å². The van der Waals surface area contributed by atoms with E-state index in [1.807, 2.05) is 0 Å². The summed E-state index contributed by atoms with van der Waals surface area (Å²) >= 11 is 0. The lowest BCUT2D eigenvalue weighted by atomic mass is 9.67. The number of nitrogens with zero attached hydrogens (tertiary/aromatic N) is 2. The molecule has 78 heavy (non-hydrogen) atoms. The Morgan fingerprint density at radius 1 is 0.462 bits per heavy atom. The minimum atomic E-state index is -1.60. The van der Waals surface area contributed by atoms with E-state index in [4.69, 9.17) is 4.42 Å². The highest BCUT2D eigenvalue weighted by Gasteiger charge is 2.50. The monoisotopic (exact) mass is 1050 g/mol. The maximum atomic E-state index is 7.57. The van der Waals surface area contributed by atoms with E-state index in [0.717, 1.165) is 52.0 Å². The zero-order valence-corrected chi connectivity index (χ0v) is 50.3. The summed E-state index contributed by atoms with van der Waals surface area (Å²) in [5.41, 5.74) is 17.9. The van der Waals surface area contributed by atoms with Gasteiger partial charge < -0.3 is 14.2 Å². The Morgan fingerprint density at radius 3 is 1.45 bits per heavy atom. The Labute approximate surface area is 467 Å². The highest BCUT2D eigenvalue weighted by Crippen LogP contribution is 2.63. The molecule has 0 spiro atoms. The standard InChI is InChI=1S/C73H78N2OSi2/c1-71(2,3)49-31-35-53(36-32-49)74(55-39-43-57(44-40-55)77(7,8)9)64-47-62-67(60-28-20-19-27-59(60)64)69-63(73(62,51-23-15-13-16-24-51)52-25-17-14-18-26-52)48-65(68-61-29-21-22-30-66(61)76-70(68)69)75(54-37-33-50(34-38-54)72(4,5)6)56-41-45-58(46-42-56)78(10,11)12/h13-40,43-44,47-48,56,58H,41-42,45-46H2,1-12H3. The zero-order chi connectivity index (χ0) is 54.5. The summed E-state index contributed by atoms with van der Waals surface area (Å²) in [6, 6.07) is 74.8. The summed E-state index contributed by atoms with van der Waals surface area (Å²) in [6.07, 6.45) is 4.80. The molecule has 9 aromatic carbocycles. The van der Waals surface area contributed by atoms with Gasteiger partial charge in [0.1, 0.15) is 11.2 Å². The first-order valence-corrected chi connectivity index (χ1v) is 35.9. The van der Waals surface area contributed by atoms with Crippen LogP contribution in [0.15, 0.2) is 199 Å². The molecule has 0 saturated heterocycles. The fourth-order valence-corrected chi connectivity index (χ4v) is 16.8. The topological polar surface area (TPSA) is 19.6 Å². The molecule has 5 heteroatoms. The number of benzene rings is 9. The SMILES string of the molecule is CC(C)(C)c1ccc(N(c2ccc([Si](C)(C)C)cc2)c2cc3c(c4ccccc24)-c2c(cc(N(c4ccc(C(C)(C)C)cc4)C4CCC([Si](C)(C)C)CC4)c4c2oc2ccccc24)C3(c2ccccc2)c2ccccc2)cc1. The van der Waals surface area contributed by atoms with E-state index in [0.29, 0.717) is 6.04 Å². The van der Waals surface area contributed by atoms with Crippen molar-refractivity contribution in [2.75, 3.05) is 9.80 Å². The Kier molecular flexibility index (Phi) is 12.7. The summed E-state index contributed by atoms with van der Waals surface area (Å²) in [4.78, 5) is 5.31. The molecule has 0 aliphatic heterocycles. The van der Waals surface area contributed by atoms with Crippen molar-refractivity contribution >= 4 is 82.5 Å². The number of furan rings is 1. The molecule has 2 aliphatic rings. The van der Waals surface area contributed by atoms with Crippen LogP contribution in [0.5, 0.6) is 0 Å². The first-order valence-electron chi connectivity index (χ1n) is 28.8. The molecule has 2 aliphatic carbocycles. The van der Waals surface area contributed by atoms with Crippen molar-refractivity contribution in [2.24, 2.45) is 0 Å². The van der Waals surface area contributed by atoms with Crippen LogP contribution in [0.4, 0.5) is 28.4 Å². The predicted molar refractivity (Wildman–Crippen MR) is 342 cm³/mol. The van der Waals surface area contributed by atoms with Gasteiger partial charge >= 0.3 is 0 Å². The van der Waals surface area contributed by atoms with Gasteiger partial charge in [-0.2, -0.15) is 0 Å². The van der Waals surface area contributed by atoms with Gasteiger partial charge in [-0.1, -0.05) is 238 Å². The van der Waals surface area contributed by atoms with Crippen molar-refractivity contribution in [1.29, 1.82) is 0 Å². The number of hydrogen-bond donors (Lipinski definition) is 0. The fourth-order valence-electron chi connectivity index (χ4n) is 13.5. The maximum absolute atomic E-state index is 7.57. The second-order valence-electron chi connectivity index (χ2n) is 26.9. The lowest BCUT2D eigenvalue weighted by Gasteiger charge is -2.42. The van der Waals surface area contributed by atoms with Gasteiger partial charge in [0.05, 0.1) is 30.2 Å². The molecule has 3 nitrogen and oxygen atoms in total. The van der Waals surface area contributed by atoms with E-state index >= 15 is 0 Å². The van der Waals surface area contributed by atoms with Crippen molar-refractivity contribution in [2.45, 2.75) is 134 Å². The molecule has 0 unspecified atom stereocenters. The largest absolute Gasteiger partial charge is 0.455 e. The van der Waals surface area contributed by atoms with Gasteiger partial charge in [0.15, 0.2) is 0 Å². The van der Waals surface area contributed by atoms with Crippen LogP contribution in [-0.4, -0.2) is 22.2 Å². The van der Waals surface area contributed by atoms with Gasteiger partial charge in [-0.3, -0.25) is 0 Å². The Bertz CT molecular complexity index is 3730. The van der Waals surface area contributed by atoms with Crippen LogP contribution >= 0.6 is 0 Å². The molecule has 0 radical (unpaired) electrons. The molecule has 1 aromatic heterocycles. The molecule has 394 valence electrons. The summed E-state index contributed by atoms with van der Waals surface area (Å²) in [7, 11) is -2.95. The molecule has 1 fully saturated rings. The number of anilines is 5. The van der Waals surface area contributed by atoms with Crippen LogP contribution in [-0.2, 0) is 16.2 Å². The highest BCUT2D eigenvalue weighted by molar-refractivity contribution is 6.88. The van der Waals surface area contributed by atoms with Crippen LogP contribution in [0.3, 0.4) is 0 Å². The van der Waals surface area contributed by atoms with Crippen LogP contribution < -0.4 is 15.0 Å². The molecule has 0 atom stereocenters. The van der Waals surface area contributed by atoms with Crippen molar-refractivity contribution < 1.29 is 4.42 Å². The van der Waals surface area contributed by atoms with Crippen molar-refractivity contribution in [3.63, 3.8) is 0 Å². The molecular weight excluding hydrogens is 977 g/mol. The molecular formula is C73H78N2OSi2. The summed E-state index contributed by atoms with van der Waals surface area (Å²) in [6.45, 7) is 28.9. The lowest BCUT2D eigenvalue weighted by Crippen LogP contribution is -2.39. The van der Waals surface area contributed by atoms with Gasteiger partial charge in [0.2, 0.25) is 0 Å². The van der Waals surface area contributed by atoms with Crippen molar-refractivity contribution in [1.82, 2.24) is 0 Å². The van der Waals surface area contributed by atoms with Gasteiger partial charge in [-0.25, -0.2) is 0 Å². The normalized spacial score (nSPS) is 16.6. The average molecular weight is 1060 g/mol. The average Bonchev–Trinajstić information content (AvgIpc) is 4.03. The van der Waals surface area contributed by atoms with Crippen molar-refractivity contribution in [3.8, 4) is 11.1 Å². The molecule has 0 amide bonds. The first kappa shape index (κ1) is 51.8. The predicted octanol–water partition coefficient (Wildman–Crippen LogP) is 20.5. The second kappa shape index (κ2) is 19.2. The summed E-state index contributed by atoms with van der Waals surface area (Å²) in [5, 5.41) is 6.20. The fraction of sp³-hybridized carbons (Fsp3) is 0.288. The quantitative estimate of drug-likeness (QED) is 0.127. The highest BCUT2D eigenvalue weighted by atomic mass is 28.3. The number of hydrogen-bond acceptors (Lipinski definition) is 3.